The zero-order valence-electron chi connectivity index (χ0n) is 35.3. The Kier molecular flexibility index (Phi) is 7.14. The largest absolute Gasteiger partial charge is 0.278 e. The number of hydrogen-bond donors (Lipinski definition) is 0. The monoisotopic (exact) mass is 814 g/mol. The van der Waals surface area contributed by atoms with E-state index in [1.807, 2.05) is 18.2 Å². The van der Waals surface area contributed by atoms with Gasteiger partial charge in [0, 0.05) is 27.3 Å². The number of fused-ring (bicyclic) bond motifs is 18. The molecule has 13 aromatic rings. The third kappa shape index (κ3) is 4.85. The quantitative estimate of drug-likeness (QED) is 0.167. The molecule has 0 saturated carbocycles. The van der Waals surface area contributed by atoms with E-state index >= 15 is 0 Å². The van der Waals surface area contributed by atoms with E-state index in [0.29, 0.717) is 17.6 Å². The fraction of sp³-hybridized carbons (Fsp3) is 0.0500. The molecule has 0 bridgehead atoms. The minimum atomic E-state index is -0.192. The number of rotatable bonds is 3. The molecule has 1 aliphatic rings. The van der Waals surface area contributed by atoms with Crippen LogP contribution in [-0.2, 0) is 5.41 Å². The minimum absolute atomic E-state index is 0.192. The van der Waals surface area contributed by atoms with E-state index < -0.39 is 0 Å². The van der Waals surface area contributed by atoms with Crippen LogP contribution in [-0.4, -0.2) is 19.5 Å². The Labute approximate surface area is 368 Å². The summed E-state index contributed by atoms with van der Waals surface area (Å²) in [5.41, 5.74) is 9.19. The van der Waals surface area contributed by atoms with Crippen LogP contribution in [0.25, 0.3) is 126 Å². The summed E-state index contributed by atoms with van der Waals surface area (Å²) in [6, 6.07) is 70.7. The fourth-order valence-electron chi connectivity index (χ4n) is 11.2. The summed E-state index contributed by atoms with van der Waals surface area (Å²) in [7, 11) is 0. The summed E-state index contributed by atoms with van der Waals surface area (Å²) in [5, 5.41) is 17.5. The molecule has 64 heavy (non-hydrogen) atoms. The topological polar surface area (TPSA) is 43.6 Å². The SMILES string of the molecule is CC1(C)c2cc3c4ccccc4c4ccccc4c3cc2-c2cc3c4ccc(-c5nc(-c6ccccc6)nc(-n6c7ccccc7c7ccccc76)n5)cc4c4ccccc4c3cc21. The Bertz CT molecular complexity index is 4110. The first-order valence-electron chi connectivity index (χ1n) is 22.1. The number of hydrogen-bond acceptors (Lipinski definition) is 3. The van der Waals surface area contributed by atoms with Crippen LogP contribution >= 0.6 is 0 Å². The molecule has 298 valence electrons. The zero-order chi connectivity index (χ0) is 42.3. The molecule has 0 radical (unpaired) electrons. The second kappa shape index (κ2) is 12.9. The van der Waals surface area contributed by atoms with Gasteiger partial charge in [-0.25, -0.2) is 4.98 Å². The molecular weight excluding hydrogens is 777 g/mol. The van der Waals surface area contributed by atoms with Crippen LogP contribution in [0.5, 0.6) is 0 Å². The van der Waals surface area contributed by atoms with Gasteiger partial charge < -0.3 is 0 Å². The number of nitrogens with zero attached hydrogens (tertiary/aromatic N) is 4. The molecule has 0 saturated heterocycles. The van der Waals surface area contributed by atoms with Gasteiger partial charge in [0.25, 0.3) is 0 Å². The maximum absolute atomic E-state index is 5.32. The van der Waals surface area contributed by atoms with Crippen molar-refractivity contribution in [3.05, 3.63) is 205 Å². The van der Waals surface area contributed by atoms with Gasteiger partial charge in [0.15, 0.2) is 11.6 Å². The highest BCUT2D eigenvalue weighted by atomic mass is 15.2. The van der Waals surface area contributed by atoms with Gasteiger partial charge in [0.1, 0.15) is 0 Å². The molecular formula is C60H38N4. The first kappa shape index (κ1) is 35.4. The summed E-state index contributed by atoms with van der Waals surface area (Å²) in [4.78, 5) is 15.7. The molecule has 0 N–H and O–H groups in total. The summed E-state index contributed by atoms with van der Waals surface area (Å²) in [5.74, 6) is 1.86. The molecule has 0 spiro atoms. The zero-order valence-corrected chi connectivity index (χ0v) is 35.3. The lowest BCUT2D eigenvalue weighted by atomic mass is 9.80. The summed E-state index contributed by atoms with van der Waals surface area (Å²) >= 11 is 0. The molecule has 1 aliphatic carbocycles. The number of aromatic nitrogens is 4. The van der Waals surface area contributed by atoms with Crippen molar-refractivity contribution in [3.8, 4) is 39.9 Å². The molecule has 11 aromatic carbocycles. The van der Waals surface area contributed by atoms with Gasteiger partial charge in [-0.3, -0.25) is 4.57 Å². The second-order valence-corrected chi connectivity index (χ2v) is 17.9. The highest BCUT2D eigenvalue weighted by Crippen LogP contribution is 2.53. The third-order valence-corrected chi connectivity index (χ3v) is 14.2. The molecule has 0 unspecified atom stereocenters. The smallest absolute Gasteiger partial charge is 0.238 e. The molecule has 0 atom stereocenters. The van der Waals surface area contributed by atoms with E-state index in [9.17, 15) is 0 Å². The van der Waals surface area contributed by atoms with Gasteiger partial charge in [-0.05, 0) is 129 Å². The van der Waals surface area contributed by atoms with Crippen molar-refractivity contribution in [2.45, 2.75) is 19.3 Å². The van der Waals surface area contributed by atoms with E-state index in [-0.39, 0.29) is 5.41 Å². The Hall–Kier alpha value is -8.21. The predicted molar refractivity (Wildman–Crippen MR) is 268 cm³/mol. The molecule has 4 nitrogen and oxygen atoms in total. The first-order valence-corrected chi connectivity index (χ1v) is 22.1. The third-order valence-electron chi connectivity index (χ3n) is 14.2. The van der Waals surface area contributed by atoms with Gasteiger partial charge in [-0.1, -0.05) is 166 Å². The summed E-state index contributed by atoms with van der Waals surface area (Å²) < 4.78 is 2.18. The van der Waals surface area contributed by atoms with Crippen LogP contribution in [0, 0.1) is 0 Å². The normalized spacial score (nSPS) is 13.3. The van der Waals surface area contributed by atoms with E-state index in [2.05, 4.69) is 194 Å². The molecule has 0 amide bonds. The first-order chi connectivity index (χ1) is 31.5. The van der Waals surface area contributed by atoms with Gasteiger partial charge in [-0.2, -0.15) is 9.97 Å². The maximum Gasteiger partial charge on any atom is 0.238 e. The van der Waals surface area contributed by atoms with Crippen LogP contribution in [0.3, 0.4) is 0 Å². The summed E-state index contributed by atoms with van der Waals surface area (Å²) in [6.07, 6.45) is 0. The van der Waals surface area contributed by atoms with E-state index in [0.717, 1.165) is 32.9 Å². The van der Waals surface area contributed by atoms with E-state index in [4.69, 9.17) is 15.0 Å². The lowest BCUT2D eigenvalue weighted by Crippen LogP contribution is -2.15. The van der Waals surface area contributed by atoms with Crippen molar-refractivity contribution in [2.24, 2.45) is 0 Å². The number of para-hydroxylation sites is 2. The van der Waals surface area contributed by atoms with E-state index in [1.54, 1.807) is 0 Å². The average Bonchev–Trinajstić information content (AvgIpc) is 3.80. The van der Waals surface area contributed by atoms with Crippen molar-refractivity contribution in [1.29, 1.82) is 0 Å². The Morgan fingerprint density at radius 3 is 1.19 bits per heavy atom. The molecule has 14 rings (SSSR count). The fourth-order valence-corrected chi connectivity index (χ4v) is 11.2. The van der Waals surface area contributed by atoms with Crippen molar-refractivity contribution in [2.75, 3.05) is 0 Å². The molecule has 0 aliphatic heterocycles. The molecule has 4 heteroatoms. The molecule has 0 fully saturated rings. The average molecular weight is 815 g/mol. The van der Waals surface area contributed by atoms with Gasteiger partial charge >= 0.3 is 0 Å². The van der Waals surface area contributed by atoms with Crippen LogP contribution in [0.4, 0.5) is 0 Å². The summed E-state index contributed by atoms with van der Waals surface area (Å²) in [6.45, 7) is 4.81. The van der Waals surface area contributed by atoms with Gasteiger partial charge in [-0.15, -0.1) is 0 Å². The van der Waals surface area contributed by atoms with Crippen molar-refractivity contribution in [1.82, 2.24) is 19.5 Å². The van der Waals surface area contributed by atoms with Crippen LogP contribution in [0.2, 0.25) is 0 Å². The second-order valence-electron chi connectivity index (χ2n) is 17.9. The molecule has 2 aromatic heterocycles. The lowest BCUT2D eigenvalue weighted by molar-refractivity contribution is 0.662. The van der Waals surface area contributed by atoms with Crippen LogP contribution < -0.4 is 0 Å². The van der Waals surface area contributed by atoms with Gasteiger partial charge in [0.2, 0.25) is 5.95 Å². The molecule has 2 heterocycles. The predicted octanol–water partition coefficient (Wildman–Crippen LogP) is 15.5. The van der Waals surface area contributed by atoms with Crippen molar-refractivity contribution >= 4 is 86.4 Å². The highest BCUT2D eigenvalue weighted by molar-refractivity contribution is 6.28. The van der Waals surface area contributed by atoms with Crippen LogP contribution in [0.15, 0.2) is 194 Å². The highest BCUT2D eigenvalue weighted by Gasteiger charge is 2.37. The Morgan fingerprint density at radius 2 is 0.688 bits per heavy atom. The Balaban J connectivity index is 1.02. The van der Waals surface area contributed by atoms with Gasteiger partial charge in [0.05, 0.1) is 11.0 Å². The maximum atomic E-state index is 5.32. The minimum Gasteiger partial charge on any atom is -0.278 e. The van der Waals surface area contributed by atoms with Crippen molar-refractivity contribution < 1.29 is 0 Å². The van der Waals surface area contributed by atoms with Crippen LogP contribution in [0.1, 0.15) is 25.0 Å². The van der Waals surface area contributed by atoms with E-state index in [1.165, 1.54) is 86.9 Å². The Morgan fingerprint density at radius 1 is 0.312 bits per heavy atom. The van der Waals surface area contributed by atoms with Crippen molar-refractivity contribution in [3.63, 3.8) is 0 Å². The number of benzene rings is 11. The lowest BCUT2D eigenvalue weighted by Gasteiger charge is -2.23. The standard InChI is InChI=1S/C60H38N4/c1-60(2)53-33-49-40-21-9-7-19-38(40)37-18-6-8-20-39(37)47(49)31-51(53)52-32-48-43-29-28-36(30-46(43)41-22-10-11-23-42(41)50(48)34-54(52)60)58-61-57(35-16-4-3-5-17-35)62-59(63-58)64-55-26-14-12-24-44(55)45-25-13-15-27-56(45)64/h3-34H,1-2H3.